The zero-order chi connectivity index (χ0) is 27.8. The number of carbonyl (C=O) groups is 2. The number of carboxylic acids is 2. The summed E-state index contributed by atoms with van der Waals surface area (Å²) in [6.07, 6.45) is -2.69. The third-order valence-corrected chi connectivity index (χ3v) is 5.08. The van der Waals surface area contributed by atoms with E-state index in [1.165, 1.54) is 35.0 Å². The maximum Gasteiger partial charge on any atom is 0.490 e. The van der Waals surface area contributed by atoms with Crippen LogP contribution >= 0.6 is 0 Å². The van der Waals surface area contributed by atoms with Crippen LogP contribution in [0.3, 0.4) is 0 Å². The molecule has 2 aromatic heterocycles. The number of pyridine rings is 1. The lowest BCUT2D eigenvalue weighted by Gasteiger charge is -2.18. The van der Waals surface area contributed by atoms with Crippen molar-refractivity contribution in [3.05, 3.63) is 59.5 Å². The summed E-state index contributed by atoms with van der Waals surface area (Å²) in [4.78, 5) is 25.0. The summed E-state index contributed by atoms with van der Waals surface area (Å²) in [5.41, 5.74) is 5.07. The number of aromatic amines is 1. The van der Waals surface area contributed by atoms with Crippen LogP contribution in [0.1, 0.15) is 35.6 Å². The molecule has 0 amide bonds. The summed E-state index contributed by atoms with van der Waals surface area (Å²) in [5, 5.41) is 22.4. The molecule has 1 aliphatic carbocycles. The highest BCUT2D eigenvalue weighted by Crippen LogP contribution is 2.40. The van der Waals surface area contributed by atoms with Crippen molar-refractivity contribution in [2.45, 2.75) is 44.1 Å². The Balaban J connectivity index is 0.000000286. The number of para-hydroxylation sites is 1. The van der Waals surface area contributed by atoms with Crippen LogP contribution in [-0.2, 0) is 22.6 Å². The average molecular weight is 534 g/mol. The minimum atomic E-state index is -5.08. The summed E-state index contributed by atoms with van der Waals surface area (Å²) in [6, 6.07) is 10.8. The maximum atomic E-state index is 10.6. The molecule has 37 heavy (non-hydrogen) atoms. The summed E-state index contributed by atoms with van der Waals surface area (Å²) in [6.45, 7) is 1.98. The number of H-pyrrole nitrogens is 1. The van der Waals surface area contributed by atoms with E-state index in [2.05, 4.69) is 52.5 Å². The molecule has 0 bridgehead atoms. The van der Waals surface area contributed by atoms with Gasteiger partial charge in [0.2, 0.25) is 0 Å². The van der Waals surface area contributed by atoms with E-state index in [4.69, 9.17) is 24.8 Å². The molecule has 1 fully saturated rings. The number of likely N-dealkylation sites (N-methyl/N-ethyl adjacent to an activating group) is 1. The van der Waals surface area contributed by atoms with E-state index in [0.717, 1.165) is 25.0 Å². The zero-order valence-electron chi connectivity index (χ0n) is 19.5. The van der Waals surface area contributed by atoms with Gasteiger partial charge in [-0.05, 0) is 49.6 Å². The smallest absolute Gasteiger partial charge is 0.475 e. The maximum absolute atomic E-state index is 10.6. The van der Waals surface area contributed by atoms with Crippen molar-refractivity contribution >= 4 is 22.8 Å². The van der Waals surface area contributed by atoms with E-state index >= 15 is 0 Å². The van der Waals surface area contributed by atoms with Crippen LogP contribution in [0.5, 0.6) is 0 Å². The molecule has 0 spiro atoms. The second kappa shape index (κ2) is 12.5. The van der Waals surface area contributed by atoms with E-state index in [-0.39, 0.29) is 0 Å². The Hall–Kier alpha value is -3.68. The minimum absolute atomic E-state index is 0.689. The molecule has 0 aliphatic heterocycles. The molecule has 0 saturated heterocycles. The Morgan fingerprint density at radius 2 is 1.62 bits per heavy atom. The first kappa shape index (κ1) is 29.5. The van der Waals surface area contributed by atoms with Crippen molar-refractivity contribution in [2.24, 2.45) is 0 Å². The Kier molecular flexibility index (Phi) is 10.00. The van der Waals surface area contributed by atoms with Crippen molar-refractivity contribution in [1.29, 1.82) is 0 Å². The normalized spacial score (nSPS) is 13.4. The van der Waals surface area contributed by atoms with Gasteiger partial charge in [-0.1, -0.05) is 18.2 Å². The van der Waals surface area contributed by atoms with Crippen LogP contribution in [-0.4, -0.2) is 68.2 Å². The predicted molar refractivity (Wildman–Crippen MR) is 120 cm³/mol. The molecule has 4 rings (SSSR count). The first-order valence-corrected chi connectivity index (χ1v) is 10.8. The summed E-state index contributed by atoms with van der Waals surface area (Å²) >= 11 is 0. The summed E-state index contributed by atoms with van der Waals surface area (Å²) < 4.78 is 63.5. The molecule has 3 N–H and O–H groups in total. The number of nitrogens with zero attached hydrogens (tertiary/aromatic N) is 3. The Labute approximate surface area is 206 Å². The second-order valence-electron chi connectivity index (χ2n) is 8.20. The first-order valence-electron chi connectivity index (χ1n) is 10.8. The van der Waals surface area contributed by atoms with Crippen LogP contribution in [0, 0.1) is 0 Å². The summed E-state index contributed by atoms with van der Waals surface area (Å²) in [5.74, 6) is -4.82. The van der Waals surface area contributed by atoms with Gasteiger partial charge in [-0.2, -0.15) is 31.4 Å². The molecule has 14 heteroatoms. The molecule has 0 atom stereocenters. The molecule has 1 aliphatic rings. The number of benzene rings is 1. The third-order valence-electron chi connectivity index (χ3n) is 5.08. The average Bonchev–Trinajstić information content (AvgIpc) is 3.52. The summed E-state index contributed by atoms with van der Waals surface area (Å²) in [7, 11) is 2.19. The molecule has 1 saturated carbocycles. The molecular formula is C23H24F6N4O4. The van der Waals surface area contributed by atoms with Crippen molar-refractivity contribution < 1.29 is 46.1 Å². The van der Waals surface area contributed by atoms with Gasteiger partial charge in [0.1, 0.15) is 0 Å². The van der Waals surface area contributed by atoms with Gasteiger partial charge in [-0.3, -0.25) is 10.1 Å². The Bertz CT molecular complexity index is 1150. The van der Waals surface area contributed by atoms with E-state index in [1.54, 1.807) is 0 Å². The van der Waals surface area contributed by atoms with E-state index in [0.29, 0.717) is 5.92 Å². The van der Waals surface area contributed by atoms with Gasteiger partial charge in [0.25, 0.3) is 0 Å². The monoisotopic (exact) mass is 534 g/mol. The number of fused-ring (bicyclic) bond motifs is 1. The molecule has 1 aromatic carbocycles. The van der Waals surface area contributed by atoms with Crippen LogP contribution in [0.2, 0.25) is 0 Å². The third kappa shape index (κ3) is 10.1. The number of aromatic nitrogens is 3. The molecule has 2 heterocycles. The highest BCUT2D eigenvalue weighted by Gasteiger charge is 2.38. The Morgan fingerprint density at radius 3 is 2.11 bits per heavy atom. The van der Waals surface area contributed by atoms with Gasteiger partial charge in [0.05, 0.1) is 11.7 Å². The van der Waals surface area contributed by atoms with Gasteiger partial charge in [-0.25, -0.2) is 9.59 Å². The fourth-order valence-corrected chi connectivity index (χ4v) is 3.09. The molecule has 3 aromatic rings. The fraction of sp³-hybridized carbons (Fsp3) is 0.391. The van der Waals surface area contributed by atoms with Gasteiger partial charge in [0.15, 0.2) is 0 Å². The minimum Gasteiger partial charge on any atom is -0.475 e. The van der Waals surface area contributed by atoms with Crippen molar-refractivity contribution in [3.63, 3.8) is 0 Å². The molecule has 8 nitrogen and oxygen atoms in total. The van der Waals surface area contributed by atoms with Crippen molar-refractivity contribution in [3.8, 4) is 0 Å². The lowest BCUT2D eigenvalue weighted by molar-refractivity contribution is -0.193. The quantitative estimate of drug-likeness (QED) is 0.390. The molecule has 0 unspecified atom stereocenters. The number of halogens is 6. The lowest BCUT2D eigenvalue weighted by Crippen LogP contribution is -2.21. The highest BCUT2D eigenvalue weighted by atomic mass is 19.4. The number of hydrogen-bond acceptors (Lipinski definition) is 5. The van der Waals surface area contributed by atoms with Crippen molar-refractivity contribution in [1.82, 2.24) is 20.1 Å². The van der Waals surface area contributed by atoms with E-state index in [9.17, 15) is 26.3 Å². The molecule has 0 radical (unpaired) electrons. The van der Waals surface area contributed by atoms with Gasteiger partial charge >= 0.3 is 24.3 Å². The highest BCUT2D eigenvalue weighted by molar-refractivity contribution is 5.82. The predicted octanol–water partition coefficient (Wildman–Crippen LogP) is 4.78. The number of rotatable bonds is 6. The SMILES string of the molecule is CN(CCc1cn[nH]c1)Cc1cc(C2CC2)nc2ccccc12.O=C(O)C(F)(F)F.O=C(O)C(F)(F)F. The van der Waals surface area contributed by atoms with Crippen LogP contribution < -0.4 is 0 Å². The molecular weight excluding hydrogens is 510 g/mol. The number of aliphatic carboxylic acids is 2. The largest absolute Gasteiger partial charge is 0.490 e. The fourth-order valence-electron chi connectivity index (χ4n) is 3.09. The van der Waals surface area contributed by atoms with E-state index in [1.807, 2.05) is 12.4 Å². The van der Waals surface area contributed by atoms with E-state index < -0.39 is 24.3 Å². The van der Waals surface area contributed by atoms with Gasteiger partial charge < -0.3 is 15.1 Å². The first-order chi connectivity index (χ1) is 17.2. The van der Waals surface area contributed by atoms with Gasteiger partial charge in [-0.15, -0.1) is 0 Å². The van der Waals surface area contributed by atoms with Crippen molar-refractivity contribution in [2.75, 3.05) is 13.6 Å². The van der Waals surface area contributed by atoms with Crippen LogP contribution in [0.4, 0.5) is 26.3 Å². The number of hydrogen-bond donors (Lipinski definition) is 3. The van der Waals surface area contributed by atoms with Gasteiger partial charge in [0, 0.05) is 36.3 Å². The number of carboxylic acid groups (broad SMARTS) is 2. The van der Waals surface area contributed by atoms with Crippen LogP contribution in [0.25, 0.3) is 10.9 Å². The molecule has 202 valence electrons. The number of alkyl halides is 6. The van der Waals surface area contributed by atoms with Crippen LogP contribution in [0.15, 0.2) is 42.7 Å². The standard InChI is InChI=1S/C19H22N4.2C2HF3O2/c1-23(9-8-14-11-20-21-12-14)13-16-10-19(15-6-7-15)22-18-5-3-2-4-17(16)18;2*3-2(4,5)1(6)7/h2-5,10-12,15H,6-9,13H2,1H3,(H,20,21);2*(H,6,7). The lowest BCUT2D eigenvalue weighted by atomic mass is 10.1. The second-order valence-corrected chi connectivity index (χ2v) is 8.20. The number of nitrogens with one attached hydrogen (secondary N) is 1. The zero-order valence-corrected chi connectivity index (χ0v) is 19.5. The Morgan fingerprint density at radius 1 is 1.05 bits per heavy atom. The topological polar surface area (TPSA) is 119 Å².